The molecule has 2 heterocycles. The van der Waals surface area contributed by atoms with Crippen LogP contribution in [0.1, 0.15) is 24.5 Å². The summed E-state index contributed by atoms with van der Waals surface area (Å²) in [7, 11) is 1.54. The van der Waals surface area contributed by atoms with Gasteiger partial charge in [0.15, 0.2) is 0 Å². The van der Waals surface area contributed by atoms with E-state index in [0.29, 0.717) is 17.0 Å². The maximum absolute atomic E-state index is 12.7. The van der Waals surface area contributed by atoms with E-state index in [4.69, 9.17) is 4.74 Å². The number of ether oxygens (including phenoxy) is 1. The largest absolute Gasteiger partial charge is 0.497 e. The van der Waals surface area contributed by atoms with Gasteiger partial charge in [-0.05, 0) is 42.3 Å². The average Bonchev–Trinajstić information content (AvgIpc) is 3.04. The standard InChI is InChI=1S/C20H21N3O4/c1-20(11-18(25)26,14-5-3-6-15(10-14)27-2)23-17(24)9-13-12-22-19-16(13)7-4-8-21-19/h3-8,10,12H,9,11H2,1-2H3,(H,21,22)(H,23,24)(H,25,26). The smallest absolute Gasteiger partial charge is 0.306 e. The van der Waals surface area contributed by atoms with Gasteiger partial charge in [-0.2, -0.15) is 0 Å². The zero-order valence-corrected chi connectivity index (χ0v) is 15.2. The number of hydrogen-bond acceptors (Lipinski definition) is 4. The second-order valence-corrected chi connectivity index (χ2v) is 6.57. The summed E-state index contributed by atoms with van der Waals surface area (Å²) in [5.41, 5.74) is 1.11. The number of nitrogens with zero attached hydrogens (tertiary/aromatic N) is 1. The van der Waals surface area contributed by atoms with Crippen molar-refractivity contribution in [3.8, 4) is 5.75 Å². The van der Waals surface area contributed by atoms with Crippen LogP contribution in [0.2, 0.25) is 0 Å². The van der Waals surface area contributed by atoms with Crippen LogP contribution in [0.5, 0.6) is 5.75 Å². The highest BCUT2D eigenvalue weighted by molar-refractivity contribution is 5.87. The highest BCUT2D eigenvalue weighted by Gasteiger charge is 2.32. The molecule has 0 spiro atoms. The van der Waals surface area contributed by atoms with Crippen LogP contribution < -0.4 is 10.1 Å². The number of H-pyrrole nitrogens is 1. The molecule has 1 aromatic carbocycles. The molecule has 2 aromatic heterocycles. The molecule has 0 aliphatic heterocycles. The molecule has 7 nitrogen and oxygen atoms in total. The minimum atomic E-state index is -1.07. The summed E-state index contributed by atoms with van der Waals surface area (Å²) < 4.78 is 5.22. The van der Waals surface area contributed by atoms with Crippen LogP contribution in [-0.4, -0.2) is 34.1 Å². The third-order valence-corrected chi connectivity index (χ3v) is 4.51. The van der Waals surface area contributed by atoms with Crippen molar-refractivity contribution in [2.45, 2.75) is 25.3 Å². The molecular formula is C20H21N3O4. The lowest BCUT2D eigenvalue weighted by Gasteiger charge is -2.30. The van der Waals surface area contributed by atoms with Gasteiger partial charge in [-0.15, -0.1) is 0 Å². The Hall–Kier alpha value is -3.35. The van der Waals surface area contributed by atoms with Gasteiger partial charge in [-0.3, -0.25) is 9.59 Å². The SMILES string of the molecule is COc1cccc(C(C)(CC(=O)O)NC(=O)Cc2c[nH]c3ncccc23)c1. The quantitative estimate of drug-likeness (QED) is 0.595. The molecule has 0 bridgehead atoms. The maximum Gasteiger partial charge on any atom is 0.306 e. The van der Waals surface area contributed by atoms with Crippen molar-refractivity contribution in [1.82, 2.24) is 15.3 Å². The van der Waals surface area contributed by atoms with Crippen molar-refractivity contribution in [2.24, 2.45) is 0 Å². The molecule has 1 atom stereocenters. The lowest BCUT2D eigenvalue weighted by Crippen LogP contribution is -2.45. The highest BCUT2D eigenvalue weighted by atomic mass is 16.5. The molecule has 1 amide bonds. The minimum Gasteiger partial charge on any atom is -0.497 e. The van der Waals surface area contributed by atoms with Crippen molar-refractivity contribution < 1.29 is 19.4 Å². The van der Waals surface area contributed by atoms with Gasteiger partial charge in [-0.1, -0.05) is 12.1 Å². The molecule has 3 N–H and O–H groups in total. The van der Waals surface area contributed by atoms with Crippen LogP contribution >= 0.6 is 0 Å². The monoisotopic (exact) mass is 367 g/mol. The Balaban J connectivity index is 1.85. The van der Waals surface area contributed by atoms with Crippen LogP contribution in [0.25, 0.3) is 11.0 Å². The highest BCUT2D eigenvalue weighted by Crippen LogP contribution is 2.28. The predicted octanol–water partition coefficient (Wildman–Crippen LogP) is 2.62. The van der Waals surface area contributed by atoms with Gasteiger partial charge in [0.25, 0.3) is 0 Å². The number of carbonyl (C=O) groups is 2. The van der Waals surface area contributed by atoms with Crippen molar-refractivity contribution >= 4 is 22.9 Å². The molecule has 1 unspecified atom stereocenters. The number of nitrogens with one attached hydrogen (secondary N) is 2. The Morgan fingerprint density at radius 3 is 2.85 bits per heavy atom. The molecule has 3 aromatic rings. The zero-order valence-electron chi connectivity index (χ0n) is 15.2. The molecule has 7 heteroatoms. The first-order chi connectivity index (χ1) is 12.9. The number of carboxylic acid groups (broad SMARTS) is 1. The zero-order chi connectivity index (χ0) is 19.4. The van der Waals surface area contributed by atoms with Crippen LogP contribution in [0.3, 0.4) is 0 Å². The molecule has 27 heavy (non-hydrogen) atoms. The van der Waals surface area contributed by atoms with Crippen LogP contribution in [0.15, 0.2) is 48.8 Å². The summed E-state index contributed by atoms with van der Waals surface area (Å²) in [5, 5.41) is 13.1. The Bertz CT molecular complexity index is 982. The number of carboxylic acids is 1. The van der Waals surface area contributed by atoms with E-state index in [9.17, 15) is 14.7 Å². The minimum absolute atomic E-state index is 0.116. The number of benzene rings is 1. The molecule has 0 saturated heterocycles. The summed E-state index contributed by atoms with van der Waals surface area (Å²) in [6.07, 6.45) is 3.29. The van der Waals surface area contributed by atoms with E-state index in [0.717, 1.165) is 10.9 Å². The van der Waals surface area contributed by atoms with Crippen LogP contribution in [-0.2, 0) is 21.5 Å². The number of aliphatic carboxylic acids is 1. The fraction of sp³-hybridized carbons (Fsp3) is 0.250. The van der Waals surface area contributed by atoms with E-state index in [1.807, 2.05) is 12.1 Å². The molecule has 0 aliphatic carbocycles. The second-order valence-electron chi connectivity index (χ2n) is 6.57. The van der Waals surface area contributed by atoms with Gasteiger partial charge in [-0.25, -0.2) is 4.98 Å². The summed E-state index contributed by atoms with van der Waals surface area (Å²) >= 11 is 0. The Kier molecular flexibility index (Phi) is 5.12. The predicted molar refractivity (Wildman–Crippen MR) is 101 cm³/mol. The number of hydrogen-bond donors (Lipinski definition) is 3. The number of rotatable bonds is 7. The number of carbonyl (C=O) groups excluding carboxylic acids is 1. The molecule has 0 radical (unpaired) electrons. The number of methoxy groups -OCH3 is 1. The first kappa shape index (κ1) is 18.4. The third kappa shape index (κ3) is 4.08. The fourth-order valence-corrected chi connectivity index (χ4v) is 3.17. The average molecular weight is 367 g/mol. The molecule has 0 saturated carbocycles. The lowest BCUT2D eigenvalue weighted by molar-refractivity contribution is -0.139. The van der Waals surface area contributed by atoms with E-state index in [1.165, 1.54) is 7.11 Å². The molecule has 0 aliphatic rings. The Morgan fingerprint density at radius 1 is 1.30 bits per heavy atom. The summed E-state index contributed by atoms with van der Waals surface area (Å²) in [5.74, 6) is -0.677. The van der Waals surface area contributed by atoms with Gasteiger partial charge in [0, 0.05) is 17.8 Å². The normalized spacial score (nSPS) is 13.1. The third-order valence-electron chi connectivity index (χ3n) is 4.51. The van der Waals surface area contributed by atoms with E-state index >= 15 is 0 Å². The van der Waals surface area contributed by atoms with E-state index < -0.39 is 11.5 Å². The lowest BCUT2D eigenvalue weighted by atomic mass is 9.88. The number of pyridine rings is 1. The number of aromatic amines is 1. The van der Waals surface area contributed by atoms with Gasteiger partial charge in [0.1, 0.15) is 11.4 Å². The van der Waals surface area contributed by atoms with E-state index in [2.05, 4.69) is 15.3 Å². The topological polar surface area (TPSA) is 104 Å². The van der Waals surface area contributed by atoms with Gasteiger partial charge in [0.05, 0.1) is 25.5 Å². The molecular weight excluding hydrogens is 346 g/mol. The maximum atomic E-state index is 12.7. The van der Waals surface area contributed by atoms with E-state index in [-0.39, 0.29) is 18.7 Å². The Morgan fingerprint density at radius 2 is 2.11 bits per heavy atom. The molecule has 140 valence electrons. The molecule has 0 fully saturated rings. The summed E-state index contributed by atoms with van der Waals surface area (Å²) in [6, 6.07) is 10.7. The van der Waals surface area contributed by atoms with Gasteiger partial charge in [0.2, 0.25) is 5.91 Å². The first-order valence-electron chi connectivity index (χ1n) is 8.49. The second kappa shape index (κ2) is 7.49. The van der Waals surface area contributed by atoms with Crippen LogP contribution in [0, 0.1) is 0 Å². The number of fused-ring (bicyclic) bond motifs is 1. The fourth-order valence-electron chi connectivity index (χ4n) is 3.17. The van der Waals surface area contributed by atoms with E-state index in [1.54, 1.807) is 43.6 Å². The summed E-state index contributed by atoms with van der Waals surface area (Å²) in [6.45, 7) is 1.70. The van der Waals surface area contributed by atoms with Gasteiger partial charge >= 0.3 is 5.97 Å². The molecule has 3 rings (SSSR count). The van der Waals surface area contributed by atoms with Crippen molar-refractivity contribution in [2.75, 3.05) is 7.11 Å². The van der Waals surface area contributed by atoms with Crippen LogP contribution in [0.4, 0.5) is 0 Å². The first-order valence-corrected chi connectivity index (χ1v) is 8.49. The number of aromatic nitrogens is 2. The van der Waals surface area contributed by atoms with Crippen molar-refractivity contribution in [3.63, 3.8) is 0 Å². The van der Waals surface area contributed by atoms with Crippen molar-refractivity contribution in [1.29, 1.82) is 0 Å². The number of amides is 1. The van der Waals surface area contributed by atoms with Gasteiger partial charge < -0.3 is 20.1 Å². The Labute approximate surface area is 156 Å². The summed E-state index contributed by atoms with van der Waals surface area (Å²) in [4.78, 5) is 31.4. The van der Waals surface area contributed by atoms with Crippen molar-refractivity contribution in [3.05, 3.63) is 59.9 Å².